The first-order valence-electron chi connectivity index (χ1n) is 11.3. The number of nitrogens with zero attached hydrogens (tertiary/aromatic N) is 5. The monoisotopic (exact) mass is 446 g/mol. The topological polar surface area (TPSA) is 77.6 Å². The molecule has 0 bridgehead atoms. The molecule has 33 heavy (non-hydrogen) atoms. The highest BCUT2D eigenvalue weighted by Gasteiger charge is 2.25. The van der Waals surface area contributed by atoms with Gasteiger partial charge in [0.15, 0.2) is 5.69 Å². The molecule has 1 aliphatic carbocycles. The van der Waals surface area contributed by atoms with Gasteiger partial charge in [0.25, 0.3) is 5.91 Å². The Morgan fingerprint density at radius 3 is 2.73 bits per heavy atom. The summed E-state index contributed by atoms with van der Waals surface area (Å²) in [6, 6.07) is 6.52. The molecular weight excluding hydrogens is 419 g/mol. The molecule has 0 unspecified atom stereocenters. The van der Waals surface area contributed by atoms with E-state index in [1.54, 1.807) is 10.9 Å². The van der Waals surface area contributed by atoms with Crippen molar-refractivity contribution >= 4 is 16.9 Å². The lowest BCUT2D eigenvalue weighted by Gasteiger charge is -2.11. The summed E-state index contributed by atoms with van der Waals surface area (Å²) in [6.07, 6.45) is 8.17. The van der Waals surface area contributed by atoms with Crippen LogP contribution in [-0.4, -0.2) is 30.2 Å². The lowest BCUT2D eigenvalue weighted by Crippen LogP contribution is -2.24. The normalized spacial score (nSPS) is 14.3. The molecular formula is C25H27FN6O. The lowest BCUT2D eigenvalue weighted by atomic mass is 10.1. The maximum atomic E-state index is 14.3. The van der Waals surface area contributed by atoms with Gasteiger partial charge in [-0.1, -0.05) is 12.8 Å². The van der Waals surface area contributed by atoms with Gasteiger partial charge in [-0.25, -0.2) is 19.0 Å². The van der Waals surface area contributed by atoms with E-state index >= 15 is 0 Å². The van der Waals surface area contributed by atoms with Gasteiger partial charge in [0.1, 0.15) is 11.6 Å². The van der Waals surface area contributed by atoms with Crippen LogP contribution in [0.4, 0.5) is 4.39 Å². The van der Waals surface area contributed by atoms with Crippen LogP contribution in [-0.2, 0) is 13.6 Å². The smallest absolute Gasteiger partial charge is 0.272 e. The quantitative estimate of drug-likeness (QED) is 0.490. The van der Waals surface area contributed by atoms with Crippen LogP contribution in [0.5, 0.6) is 0 Å². The standard InChI is InChI=1S/C25H27FN6O/c1-15-14-32(30-16(15)2)20-11-17(10-19(26)12-20)13-28-25(33)22-23-21(8-9-27-22)29-24(31(23)3)18-6-4-5-7-18/h8-12,14,18H,4-7,13H2,1-3H3,(H,28,33). The van der Waals surface area contributed by atoms with Crippen molar-refractivity contribution in [2.45, 2.75) is 52.0 Å². The molecule has 1 amide bonds. The first kappa shape index (κ1) is 21.3. The van der Waals surface area contributed by atoms with Gasteiger partial charge in [0, 0.05) is 31.9 Å². The van der Waals surface area contributed by atoms with Crippen LogP contribution in [0.25, 0.3) is 16.7 Å². The van der Waals surface area contributed by atoms with Crippen molar-refractivity contribution in [3.05, 3.63) is 70.8 Å². The maximum Gasteiger partial charge on any atom is 0.272 e. The van der Waals surface area contributed by atoms with Crippen molar-refractivity contribution < 1.29 is 9.18 Å². The summed E-state index contributed by atoms with van der Waals surface area (Å²) in [5.41, 5.74) is 5.03. The Balaban J connectivity index is 1.39. The molecule has 1 N–H and O–H groups in total. The zero-order valence-corrected chi connectivity index (χ0v) is 19.1. The minimum atomic E-state index is -0.379. The molecule has 5 rings (SSSR count). The van der Waals surface area contributed by atoms with E-state index in [0.29, 0.717) is 22.9 Å². The summed E-state index contributed by atoms with van der Waals surface area (Å²) < 4.78 is 18.0. The number of carbonyl (C=O) groups is 1. The number of carbonyl (C=O) groups excluding carboxylic acids is 1. The van der Waals surface area contributed by atoms with Crippen molar-refractivity contribution in [1.29, 1.82) is 0 Å². The molecule has 8 heteroatoms. The van der Waals surface area contributed by atoms with Gasteiger partial charge < -0.3 is 9.88 Å². The molecule has 0 aliphatic heterocycles. The van der Waals surface area contributed by atoms with Crippen LogP contribution >= 0.6 is 0 Å². The van der Waals surface area contributed by atoms with E-state index in [4.69, 9.17) is 4.98 Å². The fourth-order valence-electron chi connectivity index (χ4n) is 4.71. The van der Waals surface area contributed by atoms with E-state index < -0.39 is 0 Å². The Labute approximate surface area is 191 Å². The second kappa shape index (κ2) is 8.42. The highest BCUT2D eigenvalue weighted by atomic mass is 19.1. The van der Waals surface area contributed by atoms with Gasteiger partial charge in [-0.05, 0) is 62.1 Å². The number of rotatable bonds is 5. The Morgan fingerprint density at radius 2 is 2.00 bits per heavy atom. The number of fused-ring (bicyclic) bond motifs is 1. The van der Waals surface area contributed by atoms with E-state index in [2.05, 4.69) is 15.4 Å². The number of amides is 1. The fraction of sp³-hybridized carbons (Fsp3) is 0.360. The van der Waals surface area contributed by atoms with Crippen molar-refractivity contribution in [2.24, 2.45) is 7.05 Å². The van der Waals surface area contributed by atoms with Gasteiger partial charge >= 0.3 is 0 Å². The molecule has 3 heterocycles. The molecule has 1 aromatic carbocycles. The van der Waals surface area contributed by atoms with Crippen LogP contribution < -0.4 is 5.32 Å². The summed E-state index contributed by atoms with van der Waals surface area (Å²) in [6.45, 7) is 4.05. The number of imidazole rings is 1. The Kier molecular flexibility index (Phi) is 5.44. The van der Waals surface area contributed by atoms with E-state index in [0.717, 1.165) is 41.0 Å². The van der Waals surface area contributed by atoms with Crippen LogP contribution in [0.3, 0.4) is 0 Å². The first-order chi connectivity index (χ1) is 15.9. The highest BCUT2D eigenvalue weighted by molar-refractivity contribution is 6.03. The van der Waals surface area contributed by atoms with Gasteiger partial charge in [-0.15, -0.1) is 0 Å². The van der Waals surface area contributed by atoms with Crippen molar-refractivity contribution in [1.82, 2.24) is 29.6 Å². The van der Waals surface area contributed by atoms with Crippen LogP contribution in [0.1, 0.15) is 64.7 Å². The number of benzene rings is 1. The third kappa shape index (κ3) is 4.01. The van der Waals surface area contributed by atoms with Crippen molar-refractivity contribution in [3.8, 4) is 5.69 Å². The largest absolute Gasteiger partial charge is 0.347 e. The number of hydrogen-bond donors (Lipinski definition) is 1. The zero-order chi connectivity index (χ0) is 23.1. The molecule has 0 radical (unpaired) electrons. The predicted molar refractivity (Wildman–Crippen MR) is 124 cm³/mol. The zero-order valence-electron chi connectivity index (χ0n) is 19.1. The molecule has 1 aliphatic rings. The molecule has 0 atom stereocenters. The second-order valence-corrected chi connectivity index (χ2v) is 8.88. The second-order valence-electron chi connectivity index (χ2n) is 8.88. The average molecular weight is 447 g/mol. The number of pyridine rings is 1. The molecule has 0 spiro atoms. The third-order valence-electron chi connectivity index (χ3n) is 6.56. The summed E-state index contributed by atoms with van der Waals surface area (Å²) in [7, 11) is 1.95. The summed E-state index contributed by atoms with van der Waals surface area (Å²) in [4.78, 5) is 22.2. The van der Waals surface area contributed by atoms with Crippen LogP contribution in [0, 0.1) is 19.7 Å². The van der Waals surface area contributed by atoms with Gasteiger partial charge in [0.05, 0.1) is 22.4 Å². The average Bonchev–Trinajstić information content (AvgIpc) is 3.52. The molecule has 0 saturated heterocycles. The van der Waals surface area contributed by atoms with Gasteiger partial charge in [0.2, 0.25) is 0 Å². The van der Waals surface area contributed by atoms with Crippen LogP contribution in [0.15, 0.2) is 36.7 Å². The lowest BCUT2D eigenvalue weighted by molar-refractivity contribution is 0.0947. The van der Waals surface area contributed by atoms with Gasteiger partial charge in [-0.3, -0.25) is 4.79 Å². The number of nitrogens with one attached hydrogen (secondary N) is 1. The van der Waals surface area contributed by atoms with E-state index in [-0.39, 0.29) is 18.3 Å². The minimum Gasteiger partial charge on any atom is -0.347 e. The third-order valence-corrected chi connectivity index (χ3v) is 6.56. The molecule has 1 fully saturated rings. The molecule has 4 aromatic rings. The summed E-state index contributed by atoms with van der Waals surface area (Å²) >= 11 is 0. The number of halogens is 1. The molecule has 7 nitrogen and oxygen atoms in total. The van der Waals surface area contributed by atoms with Crippen molar-refractivity contribution in [2.75, 3.05) is 0 Å². The van der Waals surface area contributed by atoms with Gasteiger partial charge in [-0.2, -0.15) is 5.10 Å². The molecule has 3 aromatic heterocycles. The van der Waals surface area contributed by atoms with E-state index in [9.17, 15) is 9.18 Å². The number of aryl methyl sites for hydroxylation is 3. The number of aromatic nitrogens is 5. The SMILES string of the molecule is Cc1cn(-c2cc(F)cc(CNC(=O)c3nccc4nc(C5CCCC5)n(C)c34)c2)nc1C. The number of hydrogen-bond acceptors (Lipinski definition) is 4. The summed E-state index contributed by atoms with van der Waals surface area (Å²) in [5.74, 6) is 0.761. The van der Waals surface area contributed by atoms with E-state index in [1.807, 2.05) is 43.8 Å². The Hall–Kier alpha value is -3.55. The Morgan fingerprint density at radius 1 is 1.21 bits per heavy atom. The van der Waals surface area contributed by atoms with E-state index in [1.165, 1.54) is 25.0 Å². The first-order valence-corrected chi connectivity index (χ1v) is 11.3. The predicted octanol–water partition coefficient (Wildman–Crippen LogP) is 4.50. The summed E-state index contributed by atoms with van der Waals surface area (Å²) in [5, 5.41) is 7.32. The van der Waals surface area contributed by atoms with Crippen LogP contribution in [0.2, 0.25) is 0 Å². The minimum absolute atomic E-state index is 0.175. The Bertz CT molecular complexity index is 1330. The van der Waals surface area contributed by atoms with Crippen molar-refractivity contribution in [3.63, 3.8) is 0 Å². The highest BCUT2D eigenvalue weighted by Crippen LogP contribution is 2.35. The molecule has 1 saturated carbocycles. The molecule has 170 valence electrons. The fourth-order valence-corrected chi connectivity index (χ4v) is 4.71. The maximum absolute atomic E-state index is 14.3.